The first-order valence-electron chi connectivity index (χ1n) is 4.81. The monoisotopic (exact) mass is 243 g/mol. The second-order valence-electron chi connectivity index (χ2n) is 3.64. The summed E-state index contributed by atoms with van der Waals surface area (Å²) < 4.78 is 0. The van der Waals surface area contributed by atoms with Crippen molar-refractivity contribution in [1.29, 1.82) is 0 Å². The van der Waals surface area contributed by atoms with E-state index in [0.717, 1.165) is 17.6 Å². The Morgan fingerprint density at radius 1 is 1.40 bits per heavy atom. The first kappa shape index (κ1) is 12.6. The summed E-state index contributed by atoms with van der Waals surface area (Å²) in [4.78, 5) is 0. The summed E-state index contributed by atoms with van der Waals surface area (Å²) >= 11 is 11.8. The smallest absolute Gasteiger partial charge is 0.0595 e. The lowest BCUT2D eigenvalue weighted by Gasteiger charge is -2.16. The van der Waals surface area contributed by atoms with Gasteiger partial charge in [-0.3, -0.25) is 0 Å². The summed E-state index contributed by atoms with van der Waals surface area (Å²) in [6, 6.07) is 5.99. The summed E-state index contributed by atoms with van der Waals surface area (Å²) in [6.07, 6.45) is 0.878. The number of halogens is 2. The molecule has 0 fully saturated rings. The fraction of sp³-hybridized carbons (Fsp3) is 0.333. The van der Waals surface area contributed by atoms with Crippen molar-refractivity contribution in [2.75, 3.05) is 7.05 Å². The molecular formula is C12H15Cl2N. The van der Waals surface area contributed by atoms with Crippen molar-refractivity contribution in [3.63, 3.8) is 0 Å². The third kappa shape index (κ3) is 3.53. The number of hydrogen-bond donors (Lipinski definition) is 1. The molecule has 1 N–H and O–H groups in total. The lowest BCUT2D eigenvalue weighted by atomic mass is 10.0. The highest BCUT2D eigenvalue weighted by atomic mass is 35.5. The van der Waals surface area contributed by atoms with Crippen LogP contribution in [0.2, 0.25) is 10.0 Å². The van der Waals surface area contributed by atoms with E-state index in [9.17, 15) is 0 Å². The average molecular weight is 244 g/mol. The maximum absolute atomic E-state index is 5.95. The molecular weight excluding hydrogens is 229 g/mol. The van der Waals surface area contributed by atoms with E-state index in [0.29, 0.717) is 10.0 Å². The van der Waals surface area contributed by atoms with Gasteiger partial charge in [-0.25, -0.2) is 0 Å². The van der Waals surface area contributed by atoms with Crippen LogP contribution in [0.1, 0.15) is 12.5 Å². The Kier molecular flexibility index (Phi) is 4.65. The highest BCUT2D eigenvalue weighted by Crippen LogP contribution is 2.23. The second kappa shape index (κ2) is 5.55. The van der Waals surface area contributed by atoms with Gasteiger partial charge in [-0.1, -0.05) is 41.4 Å². The van der Waals surface area contributed by atoms with E-state index in [1.54, 1.807) is 0 Å². The molecule has 1 atom stereocenters. The molecule has 1 rings (SSSR count). The first-order chi connectivity index (χ1) is 7.04. The summed E-state index contributed by atoms with van der Waals surface area (Å²) in [5, 5.41) is 4.41. The molecule has 0 aliphatic heterocycles. The average Bonchev–Trinajstić information content (AvgIpc) is 2.19. The zero-order valence-electron chi connectivity index (χ0n) is 8.98. The molecule has 1 aromatic carbocycles. The second-order valence-corrected chi connectivity index (χ2v) is 4.45. The van der Waals surface area contributed by atoms with E-state index in [2.05, 4.69) is 11.9 Å². The molecule has 0 aliphatic rings. The Morgan fingerprint density at radius 2 is 2.07 bits per heavy atom. The Labute approximate surface area is 101 Å². The largest absolute Gasteiger partial charge is 0.313 e. The van der Waals surface area contributed by atoms with Crippen molar-refractivity contribution in [3.05, 3.63) is 46.0 Å². The minimum absolute atomic E-state index is 0.280. The van der Waals surface area contributed by atoms with Crippen LogP contribution >= 0.6 is 23.2 Å². The van der Waals surface area contributed by atoms with Gasteiger partial charge < -0.3 is 5.32 Å². The molecule has 3 heteroatoms. The van der Waals surface area contributed by atoms with E-state index in [-0.39, 0.29) is 6.04 Å². The number of hydrogen-bond acceptors (Lipinski definition) is 1. The van der Waals surface area contributed by atoms with Crippen molar-refractivity contribution in [2.24, 2.45) is 0 Å². The van der Waals surface area contributed by atoms with Gasteiger partial charge in [-0.05, 0) is 38.1 Å². The van der Waals surface area contributed by atoms with Crippen molar-refractivity contribution in [1.82, 2.24) is 5.32 Å². The quantitative estimate of drug-likeness (QED) is 0.796. The van der Waals surface area contributed by atoms with Gasteiger partial charge >= 0.3 is 0 Å². The van der Waals surface area contributed by atoms with E-state index in [1.165, 1.54) is 0 Å². The molecule has 0 amide bonds. The van der Waals surface area contributed by atoms with Crippen LogP contribution in [0.4, 0.5) is 0 Å². The lowest BCUT2D eigenvalue weighted by molar-refractivity contribution is 0.634. The van der Waals surface area contributed by atoms with Gasteiger partial charge in [-0.2, -0.15) is 0 Å². The van der Waals surface area contributed by atoms with Crippen LogP contribution in [0.15, 0.2) is 30.4 Å². The lowest BCUT2D eigenvalue weighted by Crippen LogP contribution is -2.28. The normalized spacial score (nSPS) is 12.5. The summed E-state index contributed by atoms with van der Waals surface area (Å²) in [7, 11) is 1.93. The van der Waals surface area contributed by atoms with Gasteiger partial charge in [0.15, 0.2) is 0 Å². The minimum Gasteiger partial charge on any atom is -0.313 e. The van der Waals surface area contributed by atoms with E-state index in [1.807, 2.05) is 32.2 Å². The van der Waals surface area contributed by atoms with Gasteiger partial charge in [0.25, 0.3) is 0 Å². The topological polar surface area (TPSA) is 12.0 Å². The zero-order chi connectivity index (χ0) is 11.4. The molecule has 1 nitrogen and oxygen atoms in total. The Morgan fingerprint density at radius 3 is 2.53 bits per heavy atom. The van der Waals surface area contributed by atoms with Crippen LogP contribution in [-0.2, 0) is 6.42 Å². The minimum atomic E-state index is 0.280. The number of benzene rings is 1. The fourth-order valence-corrected chi connectivity index (χ4v) is 1.75. The molecule has 0 aromatic heterocycles. The molecule has 0 saturated heterocycles. The van der Waals surface area contributed by atoms with Gasteiger partial charge in [-0.15, -0.1) is 0 Å². The Balaban J connectivity index is 2.80. The Hall–Kier alpha value is -0.500. The molecule has 0 heterocycles. The molecule has 1 unspecified atom stereocenters. The van der Waals surface area contributed by atoms with E-state index >= 15 is 0 Å². The van der Waals surface area contributed by atoms with Crippen molar-refractivity contribution >= 4 is 23.2 Å². The van der Waals surface area contributed by atoms with Crippen LogP contribution in [0, 0.1) is 0 Å². The maximum Gasteiger partial charge on any atom is 0.0595 e. The predicted molar refractivity (Wildman–Crippen MR) is 67.8 cm³/mol. The highest BCUT2D eigenvalue weighted by Gasteiger charge is 2.08. The van der Waals surface area contributed by atoms with Crippen LogP contribution in [0.25, 0.3) is 0 Å². The fourth-order valence-electron chi connectivity index (χ4n) is 1.43. The zero-order valence-corrected chi connectivity index (χ0v) is 10.5. The third-order valence-corrected chi connectivity index (χ3v) is 3.11. The van der Waals surface area contributed by atoms with E-state index < -0.39 is 0 Å². The van der Waals surface area contributed by atoms with Crippen LogP contribution in [0.5, 0.6) is 0 Å². The summed E-state index contributed by atoms with van der Waals surface area (Å²) in [5.74, 6) is 0. The standard InChI is InChI=1S/C12H15Cl2N/c1-8(2)12(15-3)7-9-4-5-10(13)11(14)6-9/h4-6,12,15H,1,7H2,2-3H3. The van der Waals surface area contributed by atoms with Gasteiger partial charge in [0.1, 0.15) is 0 Å². The highest BCUT2D eigenvalue weighted by molar-refractivity contribution is 6.42. The molecule has 0 radical (unpaired) electrons. The molecule has 0 aliphatic carbocycles. The van der Waals surface area contributed by atoms with Crippen LogP contribution < -0.4 is 5.32 Å². The summed E-state index contributed by atoms with van der Waals surface area (Å²) in [5.41, 5.74) is 2.27. The van der Waals surface area contributed by atoms with E-state index in [4.69, 9.17) is 23.2 Å². The number of likely N-dealkylation sites (N-methyl/N-ethyl adjacent to an activating group) is 1. The number of nitrogens with one attached hydrogen (secondary N) is 1. The maximum atomic E-state index is 5.95. The number of rotatable bonds is 4. The molecule has 15 heavy (non-hydrogen) atoms. The van der Waals surface area contributed by atoms with Crippen molar-refractivity contribution in [2.45, 2.75) is 19.4 Å². The van der Waals surface area contributed by atoms with Gasteiger partial charge in [0.2, 0.25) is 0 Å². The van der Waals surface area contributed by atoms with Gasteiger partial charge in [0, 0.05) is 6.04 Å². The molecule has 0 bridgehead atoms. The Bertz CT molecular complexity index is 361. The first-order valence-corrected chi connectivity index (χ1v) is 5.56. The molecule has 0 spiro atoms. The SMILES string of the molecule is C=C(C)C(Cc1ccc(Cl)c(Cl)c1)NC. The molecule has 1 aromatic rings. The molecule has 82 valence electrons. The van der Waals surface area contributed by atoms with Gasteiger partial charge in [0.05, 0.1) is 10.0 Å². The van der Waals surface area contributed by atoms with Crippen LogP contribution in [0.3, 0.4) is 0 Å². The summed E-state index contributed by atoms with van der Waals surface area (Å²) in [6.45, 7) is 5.95. The predicted octanol–water partition coefficient (Wildman–Crippen LogP) is 3.70. The van der Waals surface area contributed by atoms with Crippen LogP contribution in [-0.4, -0.2) is 13.1 Å². The molecule has 0 saturated carbocycles. The van der Waals surface area contributed by atoms with Crippen molar-refractivity contribution < 1.29 is 0 Å². The van der Waals surface area contributed by atoms with Crippen molar-refractivity contribution in [3.8, 4) is 0 Å². The third-order valence-electron chi connectivity index (χ3n) is 2.37.